The van der Waals surface area contributed by atoms with E-state index in [-0.39, 0.29) is 11.0 Å². The molecule has 0 aromatic carbocycles. The van der Waals surface area contributed by atoms with Gasteiger partial charge in [0.05, 0.1) is 11.7 Å². The van der Waals surface area contributed by atoms with Gasteiger partial charge in [0.2, 0.25) is 0 Å². The van der Waals surface area contributed by atoms with Crippen molar-refractivity contribution >= 4 is 5.78 Å². The number of ether oxygens (including phenoxy) is 1. The maximum Gasteiger partial charge on any atom is 0.155 e. The van der Waals surface area contributed by atoms with Crippen LogP contribution in [0.2, 0.25) is 0 Å². The number of hydrogen-bond donors (Lipinski definition) is 1. The normalized spacial score (nSPS) is 51.7. The van der Waals surface area contributed by atoms with Gasteiger partial charge in [0, 0.05) is 18.4 Å². The van der Waals surface area contributed by atoms with Gasteiger partial charge < -0.3 is 10.1 Å². The first-order chi connectivity index (χ1) is 14.8. The smallest absolute Gasteiger partial charge is 0.155 e. The second kappa shape index (κ2) is 7.03. The van der Waals surface area contributed by atoms with E-state index in [2.05, 4.69) is 33.0 Å². The molecule has 1 spiro atoms. The summed E-state index contributed by atoms with van der Waals surface area (Å²) in [5, 5.41) is 3.85. The predicted molar refractivity (Wildman–Crippen MR) is 124 cm³/mol. The first-order valence-electron chi connectivity index (χ1n) is 13.1. The maximum absolute atomic E-state index is 12.1. The highest BCUT2D eigenvalue weighted by Gasteiger charge is 2.58. The SMILES string of the molecule is CC1=C2C[C@H]3C(CCC4=CC(=O)CC[C@@]43C)[C@@H]2CC[C@@]2(C1)O[C@@H]1C[C@H](C)CN[C@H]1[C@H]2C. The van der Waals surface area contributed by atoms with Crippen molar-refractivity contribution in [2.24, 2.45) is 35.0 Å². The number of rotatable bonds is 0. The number of ketones is 1. The summed E-state index contributed by atoms with van der Waals surface area (Å²) in [4.78, 5) is 12.1. The summed E-state index contributed by atoms with van der Waals surface area (Å²) in [5.41, 5.74) is 5.23. The molecule has 1 unspecified atom stereocenters. The first kappa shape index (κ1) is 20.7. The Bertz CT molecular complexity index is 857. The largest absolute Gasteiger partial charge is 0.369 e. The lowest BCUT2D eigenvalue weighted by atomic mass is 9.56. The Hall–Kier alpha value is -0.930. The Balaban J connectivity index is 1.30. The zero-order valence-electron chi connectivity index (χ0n) is 20.0. The molecule has 9 atom stereocenters. The molecule has 2 aliphatic heterocycles. The van der Waals surface area contributed by atoms with Crippen molar-refractivity contribution in [2.75, 3.05) is 6.54 Å². The monoisotopic (exact) mass is 423 g/mol. The molecular formula is C28H41NO2. The Morgan fingerprint density at radius 1 is 1.16 bits per heavy atom. The Morgan fingerprint density at radius 2 is 2.00 bits per heavy atom. The van der Waals surface area contributed by atoms with Crippen LogP contribution >= 0.6 is 0 Å². The van der Waals surface area contributed by atoms with Gasteiger partial charge in [-0.2, -0.15) is 0 Å². The molecule has 0 amide bonds. The fraction of sp³-hybridized carbons (Fsp3) is 0.821. The van der Waals surface area contributed by atoms with Gasteiger partial charge in [0.25, 0.3) is 0 Å². The molecule has 1 N–H and O–H groups in total. The molecule has 0 aromatic rings. The molecule has 3 nitrogen and oxygen atoms in total. The first-order valence-corrected chi connectivity index (χ1v) is 13.1. The summed E-state index contributed by atoms with van der Waals surface area (Å²) in [6.45, 7) is 10.9. The van der Waals surface area contributed by atoms with Crippen LogP contribution in [0.25, 0.3) is 0 Å². The van der Waals surface area contributed by atoms with Crippen LogP contribution in [-0.2, 0) is 9.53 Å². The van der Waals surface area contributed by atoms with Crippen LogP contribution in [0.4, 0.5) is 0 Å². The number of carbonyl (C=O) groups excluding carboxylic acids is 1. The average molecular weight is 424 g/mol. The molecule has 4 fully saturated rings. The number of allylic oxidation sites excluding steroid dienone is 3. The van der Waals surface area contributed by atoms with Crippen molar-refractivity contribution in [1.82, 2.24) is 5.32 Å². The Kier molecular flexibility index (Phi) is 4.69. The molecule has 6 aliphatic rings. The van der Waals surface area contributed by atoms with E-state index in [4.69, 9.17) is 4.74 Å². The number of piperidine rings is 1. The van der Waals surface area contributed by atoms with Gasteiger partial charge in [-0.05, 0) is 100.0 Å². The molecule has 6 rings (SSSR count). The number of fused-ring (bicyclic) bond motifs is 6. The van der Waals surface area contributed by atoms with E-state index < -0.39 is 0 Å². The highest BCUT2D eigenvalue weighted by atomic mass is 16.5. The molecule has 0 radical (unpaired) electrons. The summed E-state index contributed by atoms with van der Waals surface area (Å²) >= 11 is 0. The summed E-state index contributed by atoms with van der Waals surface area (Å²) in [5.74, 6) is 4.00. The van der Waals surface area contributed by atoms with Crippen LogP contribution in [0.3, 0.4) is 0 Å². The average Bonchev–Trinajstić information content (AvgIpc) is 3.19. The molecule has 4 aliphatic carbocycles. The van der Waals surface area contributed by atoms with E-state index in [1.54, 1.807) is 11.1 Å². The van der Waals surface area contributed by atoms with Gasteiger partial charge in [-0.15, -0.1) is 0 Å². The topological polar surface area (TPSA) is 38.3 Å². The van der Waals surface area contributed by atoms with Crippen molar-refractivity contribution < 1.29 is 9.53 Å². The van der Waals surface area contributed by atoms with E-state index in [9.17, 15) is 4.79 Å². The number of nitrogens with one attached hydrogen (secondary N) is 1. The van der Waals surface area contributed by atoms with Crippen LogP contribution in [0.5, 0.6) is 0 Å². The van der Waals surface area contributed by atoms with Crippen molar-refractivity contribution in [2.45, 2.75) is 103 Å². The van der Waals surface area contributed by atoms with Gasteiger partial charge in [0.15, 0.2) is 5.78 Å². The summed E-state index contributed by atoms with van der Waals surface area (Å²) in [7, 11) is 0. The third-order valence-electron chi connectivity index (χ3n) is 10.9. The third kappa shape index (κ3) is 2.94. The van der Waals surface area contributed by atoms with Crippen molar-refractivity contribution in [1.29, 1.82) is 0 Å². The molecule has 31 heavy (non-hydrogen) atoms. The maximum atomic E-state index is 12.1. The fourth-order valence-electron chi connectivity index (χ4n) is 9.13. The fourth-order valence-corrected chi connectivity index (χ4v) is 9.13. The quantitative estimate of drug-likeness (QED) is 0.515. The van der Waals surface area contributed by atoms with Crippen LogP contribution in [-0.4, -0.2) is 30.1 Å². The lowest BCUT2D eigenvalue weighted by molar-refractivity contribution is -0.116. The summed E-state index contributed by atoms with van der Waals surface area (Å²) in [6.07, 6.45) is 12.9. The molecule has 2 heterocycles. The summed E-state index contributed by atoms with van der Waals surface area (Å²) < 4.78 is 7.00. The lowest BCUT2D eigenvalue weighted by Gasteiger charge is -2.48. The van der Waals surface area contributed by atoms with Crippen molar-refractivity contribution in [3.8, 4) is 0 Å². The highest BCUT2D eigenvalue weighted by Crippen LogP contribution is 2.64. The van der Waals surface area contributed by atoms with Crippen LogP contribution < -0.4 is 5.32 Å². The minimum Gasteiger partial charge on any atom is -0.369 e. The van der Waals surface area contributed by atoms with Gasteiger partial charge in [-0.25, -0.2) is 0 Å². The van der Waals surface area contributed by atoms with E-state index in [0.29, 0.717) is 23.8 Å². The van der Waals surface area contributed by atoms with Crippen molar-refractivity contribution in [3.05, 3.63) is 22.8 Å². The number of hydrogen-bond acceptors (Lipinski definition) is 3. The predicted octanol–water partition coefficient (Wildman–Crippen LogP) is 5.60. The van der Waals surface area contributed by atoms with Gasteiger partial charge in [-0.1, -0.05) is 37.5 Å². The molecular weight excluding hydrogens is 382 g/mol. The second-order valence-electron chi connectivity index (χ2n) is 12.5. The second-order valence-corrected chi connectivity index (χ2v) is 12.5. The molecule has 0 bridgehead atoms. The minimum atomic E-state index is 0.0458. The lowest BCUT2D eigenvalue weighted by Crippen LogP contribution is -2.48. The van der Waals surface area contributed by atoms with Crippen LogP contribution in [0, 0.1) is 35.0 Å². The molecule has 3 heteroatoms. The van der Waals surface area contributed by atoms with E-state index >= 15 is 0 Å². The molecule has 0 aromatic heterocycles. The third-order valence-corrected chi connectivity index (χ3v) is 10.9. The molecule has 170 valence electrons. The minimum absolute atomic E-state index is 0.0458. The van der Waals surface area contributed by atoms with E-state index in [0.717, 1.165) is 55.9 Å². The highest BCUT2D eigenvalue weighted by molar-refractivity contribution is 5.91. The van der Waals surface area contributed by atoms with Crippen LogP contribution in [0.15, 0.2) is 22.8 Å². The molecule has 2 saturated carbocycles. The van der Waals surface area contributed by atoms with Crippen molar-refractivity contribution in [3.63, 3.8) is 0 Å². The van der Waals surface area contributed by atoms with E-state index in [1.807, 2.05) is 6.08 Å². The van der Waals surface area contributed by atoms with Gasteiger partial charge >= 0.3 is 0 Å². The zero-order chi connectivity index (χ0) is 21.5. The van der Waals surface area contributed by atoms with Crippen LogP contribution in [0.1, 0.15) is 85.5 Å². The van der Waals surface area contributed by atoms with E-state index in [1.165, 1.54) is 37.7 Å². The Labute approximate surface area is 188 Å². The number of carbonyl (C=O) groups is 1. The molecule has 2 saturated heterocycles. The standard InChI is InChI=1S/C28H41NO2/c1-16-11-25-26(29-15-16)18(3)28(31-25)10-8-21-22-6-5-19-12-20(30)7-9-27(19,4)24(22)13-23(21)17(2)14-28/h12,16,18,21-22,24-26,29H,5-11,13-15H2,1-4H3/t16-,18+,21-,22?,24-,25+,26-,27-,28-/m0/s1. The van der Waals surface area contributed by atoms with Gasteiger partial charge in [-0.3, -0.25) is 4.79 Å². The Morgan fingerprint density at radius 3 is 2.84 bits per heavy atom. The summed E-state index contributed by atoms with van der Waals surface area (Å²) in [6, 6.07) is 0.542. The zero-order valence-corrected chi connectivity index (χ0v) is 20.0. The van der Waals surface area contributed by atoms with Gasteiger partial charge in [0.1, 0.15) is 0 Å².